The van der Waals surface area contributed by atoms with Crippen molar-refractivity contribution in [2.75, 3.05) is 22.9 Å². The number of sulfonamides is 1. The predicted octanol–water partition coefficient (Wildman–Crippen LogP) is 4.79. The number of hydrogen-bond donors (Lipinski definition) is 3. The third-order valence-corrected chi connectivity index (χ3v) is 6.93. The minimum absolute atomic E-state index is 0.0467. The molecule has 1 aromatic carbocycles. The van der Waals surface area contributed by atoms with Crippen molar-refractivity contribution in [3.8, 4) is 22.5 Å². The van der Waals surface area contributed by atoms with Crippen LogP contribution in [-0.2, 0) is 14.8 Å². The van der Waals surface area contributed by atoms with Crippen LogP contribution in [0.1, 0.15) is 40.7 Å². The molecule has 0 saturated carbocycles. The molecule has 0 bridgehead atoms. The average Bonchev–Trinajstić information content (AvgIpc) is 3.29. The van der Waals surface area contributed by atoms with E-state index in [4.69, 9.17) is 11.6 Å². The molecular formula is C23H28ClF2N7O4S. The van der Waals surface area contributed by atoms with Gasteiger partial charge in [0.05, 0.1) is 23.6 Å². The third-order valence-electron chi connectivity index (χ3n) is 5.27. The van der Waals surface area contributed by atoms with Crippen molar-refractivity contribution < 1.29 is 26.7 Å². The fourth-order valence-electron chi connectivity index (χ4n) is 3.32. The number of carbonyl (C=O) groups is 1. The summed E-state index contributed by atoms with van der Waals surface area (Å²) >= 11 is 6.43. The molecular weight excluding hydrogens is 544 g/mol. The van der Waals surface area contributed by atoms with Crippen molar-refractivity contribution in [2.24, 2.45) is 0 Å². The fourth-order valence-corrected chi connectivity index (χ4v) is 4.30. The maximum atomic E-state index is 14.7. The van der Waals surface area contributed by atoms with Crippen molar-refractivity contribution in [1.82, 2.24) is 25.1 Å². The topological polar surface area (TPSA) is 140 Å². The summed E-state index contributed by atoms with van der Waals surface area (Å²) in [6.45, 7) is 8.41. The van der Waals surface area contributed by atoms with Crippen LogP contribution >= 0.6 is 11.6 Å². The number of amides is 1. The number of nitrogens with zero attached hydrogens (tertiary/aromatic N) is 4. The second kappa shape index (κ2) is 11.1. The lowest BCUT2D eigenvalue weighted by Gasteiger charge is -2.26. The first-order chi connectivity index (χ1) is 17.7. The van der Waals surface area contributed by atoms with Gasteiger partial charge in [-0.3, -0.25) is 14.7 Å². The maximum absolute atomic E-state index is 14.7. The zero-order chi connectivity index (χ0) is 28.4. The van der Waals surface area contributed by atoms with Gasteiger partial charge in [0.2, 0.25) is 16.0 Å². The van der Waals surface area contributed by atoms with Gasteiger partial charge in [-0.1, -0.05) is 11.6 Å². The largest absolute Gasteiger partial charge is 0.453 e. The summed E-state index contributed by atoms with van der Waals surface area (Å²) in [6, 6.07) is 2.29. The number of benzene rings is 1. The Morgan fingerprint density at radius 2 is 1.95 bits per heavy atom. The van der Waals surface area contributed by atoms with E-state index in [1.54, 1.807) is 30.8 Å². The first-order valence-electron chi connectivity index (χ1n) is 11.4. The summed E-state index contributed by atoms with van der Waals surface area (Å²) in [6.07, 6.45) is 2.45. The molecule has 0 atom stereocenters. The van der Waals surface area contributed by atoms with Crippen LogP contribution in [0, 0.1) is 11.6 Å². The molecule has 0 radical (unpaired) electrons. The summed E-state index contributed by atoms with van der Waals surface area (Å²) in [5, 5.41) is 9.72. The number of nitrogens with one attached hydrogen (secondary N) is 3. The number of methoxy groups -OCH3 is 1. The number of halogens is 3. The highest BCUT2D eigenvalue weighted by molar-refractivity contribution is 7.92. The first-order valence-corrected chi connectivity index (χ1v) is 13.5. The van der Waals surface area contributed by atoms with Gasteiger partial charge in [0.25, 0.3) is 0 Å². The number of anilines is 2. The molecule has 1 amide bonds. The zero-order valence-electron chi connectivity index (χ0n) is 21.6. The van der Waals surface area contributed by atoms with Crippen LogP contribution in [0.5, 0.6) is 0 Å². The van der Waals surface area contributed by atoms with Crippen LogP contribution in [0.4, 0.5) is 25.2 Å². The zero-order valence-corrected chi connectivity index (χ0v) is 23.1. The number of carbonyl (C=O) groups excluding carboxylic acids is 1. The molecule has 38 heavy (non-hydrogen) atoms. The number of rotatable bonds is 9. The molecule has 15 heteroatoms. The molecule has 0 spiro atoms. The van der Waals surface area contributed by atoms with E-state index in [1.807, 2.05) is 18.6 Å². The Morgan fingerprint density at radius 3 is 2.55 bits per heavy atom. The molecule has 2 heterocycles. The van der Waals surface area contributed by atoms with E-state index in [-0.39, 0.29) is 34.0 Å². The van der Waals surface area contributed by atoms with E-state index in [0.29, 0.717) is 11.3 Å². The fraction of sp³-hybridized carbons (Fsp3) is 0.391. The Hall–Kier alpha value is -3.52. The van der Waals surface area contributed by atoms with E-state index >= 15 is 0 Å². The molecule has 206 valence electrons. The first kappa shape index (κ1) is 29.0. The van der Waals surface area contributed by atoms with Gasteiger partial charge in [-0.25, -0.2) is 32.0 Å². The lowest BCUT2D eigenvalue weighted by Crippen LogP contribution is -2.49. The Bertz CT molecular complexity index is 1460. The Kier molecular flexibility index (Phi) is 8.46. The van der Waals surface area contributed by atoms with Gasteiger partial charge < -0.3 is 10.1 Å². The monoisotopic (exact) mass is 571 g/mol. The predicted molar refractivity (Wildman–Crippen MR) is 140 cm³/mol. The molecule has 0 unspecified atom stereocenters. The Morgan fingerprint density at radius 1 is 1.26 bits per heavy atom. The average molecular weight is 572 g/mol. The van der Waals surface area contributed by atoms with Crippen molar-refractivity contribution in [1.29, 1.82) is 0 Å². The summed E-state index contributed by atoms with van der Waals surface area (Å²) in [7, 11) is -2.74. The summed E-state index contributed by atoms with van der Waals surface area (Å²) in [4.78, 5) is 20.3. The molecule has 0 aliphatic carbocycles. The normalized spacial score (nSPS) is 11.9. The van der Waals surface area contributed by atoms with Gasteiger partial charge >= 0.3 is 6.09 Å². The standard InChI is InChI=1S/C23H28ClF2N7O4S/c1-7-38(35,36)32-20-17(24)13(10-15(25)18(20)26)19-14(11-33(31-19)12(2)3)16-8-9-27-21(28-16)29-23(4,5)30-22(34)37-6/h8-12,32H,7H2,1-6H3,(H,30,34)(H,27,28,29). The molecule has 11 nitrogen and oxygen atoms in total. The Labute approximate surface area is 224 Å². The van der Waals surface area contributed by atoms with E-state index in [9.17, 15) is 22.0 Å². The minimum Gasteiger partial charge on any atom is -0.453 e. The van der Waals surface area contributed by atoms with Crippen LogP contribution in [0.15, 0.2) is 24.5 Å². The van der Waals surface area contributed by atoms with Gasteiger partial charge in [0.15, 0.2) is 11.6 Å². The third kappa shape index (κ3) is 6.48. The molecule has 0 fully saturated rings. The molecule has 3 N–H and O–H groups in total. The quantitative estimate of drug-likeness (QED) is 0.246. The van der Waals surface area contributed by atoms with E-state index < -0.39 is 39.1 Å². The maximum Gasteiger partial charge on any atom is 0.408 e. The van der Waals surface area contributed by atoms with Gasteiger partial charge in [-0.2, -0.15) is 5.10 Å². The SMILES string of the molecule is CCS(=O)(=O)Nc1c(F)c(F)cc(-c2nn(C(C)C)cc2-c2ccnc(NC(C)(C)NC(=O)OC)n2)c1Cl. The Balaban J connectivity index is 2.16. The highest BCUT2D eigenvalue weighted by atomic mass is 35.5. The van der Waals surface area contributed by atoms with Crippen LogP contribution in [0.3, 0.4) is 0 Å². The van der Waals surface area contributed by atoms with Crippen LogP contribution in [0.25, 0.3) is 22.5 Å². The van der Waals surface area contributed by atoms with Crippen LogP contribution in [0.2, 0.25) is 5.02 Å². The van der Waals surface area contributed by atoms with Gasteiger partial charge in [-0.15, -0.1) is 0 Å². The van der Waals surface area contributed by atoms with Crippen molar-refractivity contribution in [3.05, 3.63) is 41.2 Å². The van der Waals surface area contributed by atoms with E-state index in [0.717, 1.165) is 6.07 Å². The minimum atomic E-state index is -3.97. The number of aromatic nitrogens is 4. The molecule has 3 rings (SSSR count). The second-order valence-electron chi connectivity index (χ2n) is 9.01. The highest BCUT2D eigenvalue weighted by Gasteiger charge is 2.27. The molecule has 2 aromatic heterocycles. The van der Waals surface area contributed by atoms with Crippen molar-refractivity contribution in [2.45, 2.75) is 46.3 Å². The van der Waals surface area contributed by atoms with E-state index in [1.165, 1.54) is 20.2 Å². The van der Waals surface area contributed by atoms with Crippen molar-refractivity contribution in [3.63, 3.8) is 0 Å². The summed E-state index contributed by atoms with van der Waals surface area (Å²) in [5.74, 6) is -2.99. The number of ether oxygens (including phenoxy) is 1. The van der Waals surface area contributed by atoms with Gasteiger partial charge in [0.1, 0.15) is 17.0 Å². The number of alkyl carbamates (subject to hydrolysis) is 1. The van der Waals surface area contributed by atoms with Crippen molar-refractivity contribution >= 4 is 39.4 Å². The second-order valence-corrected chi connectivity index (χ2v) is 11.4. The lowest BCUT2D eigenvalue weighted by atomic mass is 10.0. The molecule has 0 aliphatic rings. The van der Waals surface area contributed by atoms with Gasteiger partial charge in [0, 0.05) is 29.6 Å². The molecule has 0 saturated heterocycles. The summed E-state index contributed by atoms with van der Waals surface area (Å²) in [5.41, 5.74) is -0.888. The van der Waals surface area contributed by atoms with Crippen LogP contribution < -0.4 is 15.4 Å². The molecule has 0 aliphatic heterocycles. The lowest BCUT2D eigenvalue weighted by molar-refractivity contribution is 0.162. The number of hydrogen-bond acceptors (Lipinski definition) is 8. The highest BCUT2D eigenvalue weighted by Crippen LogP contribution is 2.41. The van der Waals surface area contributed by atoms with Crippen LogP contribution in [-0.4, -0.2) is 52.8 Å². The van der Waals surface area contributed by atoms with E-state index in [2.05, 4.69) is 30.4 Å². The molecule has 3 aromatic rings. The van der Waals surface area contributed by atoms with Gasteiger partial charge in [-0.05, 0) is 46.8 Å². The summed E-state index contributed by atoms with van der Waals surface area (Å²) < 4.78 is 61.8. The smallest absolute Gasteiger partial charge is 0.408 e.